The summed E-state index contributed by atoms with van der Waals surface area (Å²) >= 11 is 0. The van der Waals surface area contributed by atoms with Crippen molar-refractivity contribution in [1.82, 2.24) is 5.32 Å². The first-order valence-electron chi connectivity index (χ1n) is 8.23. The molecule has 148 valence electrons. The van der Waals surface area contributed by atoms with Crippen molar-refractivity contribution in [2.24, 2.45) is 20.9 Å². The summed E-state index contributed by atoms with van der Waals surface area (Å²) < 4.78 is 26.8. The van der Waals surface area contributed by atoms with Crippen molar-refractivity contribution in [2.45, 2.75) is 41.5 Å². The molecule has 0 aromatic carbocycles. The van der Waals surface area contributed by atoms with E-state index in [0.29, 0.717) is 11.5 Å². The van der Waals surface area contributed by atoms with Crippen LogP contribution in [0.25, 0.3) is 0 Å². The summed E-state index contributed by atoms with van der Waals surface area (Å²) in [5.74, 6) is 0.706. The van der Waals surface area contributed by atoms with Gasteiger partial charge in [-0.05, 0) is 10.8 Å². The fraction of sp³-hybridized carbons (Fsp3) is 0.875. The van der Waals surface area contributed by atoms with Gasteiger partial charge in [0.25, 0.3) is 0 Å². The second kappa shape index (κ2) is 9.96. The lowest BCUT2D eigenvalue weighted by atomic mass is 10.0. The first kappa shape index (κ1) is 23.6. The average molecular weight is 380 g/mol. The van der Waals surface area contributed by atoms with Gasteiger partial charge in [0.05, 0.1) is 22.9 Å². The molecule has 3 N–H and O–H groups in total. The molecule has 0 aliphatic rings. The summed E-state index contributed by atoms with van der Waals surface area (Å²) in [6, 6.07) is -0.601. The van der Waals surface area contributed by atoms with Gasteiger partial charge in [0.1, 0.15) is 6.61 Å². The van der Waals surface area contributed by atoms with Crippen molar-refractivity contribution < 1.29 is 23.3 Å². The number of urea groups is 1. The molecule has 0 saturated heterocycles. The highest BCUT2D eigenvalue weighted by molar-refractivity contribution is 7.93. The minimum Gasteiger partial charge on any atom is -0.447 e. The summed E-state index contributed by atoms with van der Waals surface area (Å²) in [6.07, 6.45) is -0.858. The highest BCUT2D eigenvalue weighted by Crippen LogP contribution is 2.24. The van der Waals surface area contributed by atoms with Crippen molar-refractivity contribution in [3.63, 3.8) is 0 Å². The third-order valence-electron chi connectivity index (χ3n) is 2.56. The van der Waals surface area contributed by atoms with Crippen LogP contribution in [0.2, 0.25) is 0 Å². The zero-order valence-electron chi connectivity index (χ0n) is 16.2. The maximum absolute atomic E-state index is 13.1. The maximum atomic E-state index is 13.1. The average Bonchev–Trinajstić information content (AvgIpc) is 2.31. The third-order valence-corrected chi connectivity index (χ3v) is 5.69. The predicted molar refractivity (Wildman–Crippen MR) is 99.0 cm³/mol. The molecule has 0 saturated carbocycles. The standard InChI is InChI=1S/C16H33N3O5S/c1-15(2,3)11-25(22,12-16(4,5)6)19-14(21)18-7-8-23-9-10-24-13(17)20/h7-12H2,1-6H3,(H2,17,20)(H,18,21). The van der Waals surface area contributed by atoms with Crippen LogP contribution in [0, 0.1) is 10.8 Å². The monoisotopic (exact) mass is 379 g/mol. The second-order valence-electron chi connectivity index (χ2n) is 8.29. The van der Waals surface area contributed by atoms with E-state index in [-0.39, 0.29) is 37.2 Å². The topological polar surface area (TPSA) is 120 Å². The van der Waals surface area contributed by atoms with E-state index in [2.05, 4.69) is 14.4 Å². The van der Waals surface area contributed by atoms with Gasteiger partial charge in [-0.15, -0.1) is 4.36 Å². The number of carbonyl (C=O) groups is 2. The zero-order chi connectivity index (χ0) is 19.7. The highest BCUT2D eigenvalue weighted by atomic mass is 32.2. The van der Waals surface area contributed by atoms with Crippen molar-refractivity contribution >= 4 is 21.9 Å². The Morgan fingerprint density at radius 3 is 1.96 bits per heavy atom. The lowest BCUT2D eigenvalue weighted by Crippen LogP contribution is -2.32. The van der Waals surface area contributed by atoms with Crippen molar-refractivity contribution in [3.8, 4) is 0 Å². The molecule has 0 aliphatic heterocycles. The molecule has 8 nitrogen and oxygen atoms in total. The lowest BCUT2D eigenvalue weighted by molar-refractivity contribution is 0.0785. The van der Waals surface area contributed by atoms with Gasteiger partial charge in [0, 0.05) is 18.1 Å². The Bertz CT molecular complexity index is 533. The van der Waals surface area contributed by atoms with Gasteiger partial charge >= 0.3 is 12.1 Å². The molecule has 0 heterocycles. The number of nitrogens with one attached hydrogen (secondary N) is 1. The lowest BCUT2D eigenvalue weighted by Gasteiger charge is -2.26. The minimum absolute atomic E-state index is 0.0542. The fourth-order valence-corrected chi connectivity index (χ4v) is 5.49. The van der Waals surface area contributed by atoms with Crippen LogP contribution in [-0.2, 0) is 19.2 Å². The van der Waals surface area contributed by atoms with Crippen LogP contribution < -0.4 is 11.1 Å². The summed E-state index contributed by atoms with van der Waals surface area (Å²) in [5.41, 5.74) is 4.41. The number of amides is 3. The highest BCUT2D eigenvalue weighted by Gasteiger charge is 2.26. The smallest absolute Gasteiger partial charge is 0.404 e. The molecule has 0 bridgehead atoms. The molecule has 0 rings (SSSR count). The van der Waals surface area contributed by atoms with Crippen LogP contribution in [0.5, 0.6) is 0 Å². The van der Waals surface area contributed by atoms with E-state index in [1.54, 1.807) is 0 Å². The van der Waals surface area contributed by atoms with Crippen molar-refractivity contribution in [3.05, 3.63) is 0 Å². The maximum Gasteiger partial charge on any atom is 0.404 e. The summed E-state index contributed by atoms with van der Waals surface area (Å²) in [7, 11) is -2.66. The van der Waals surface area contributed by atoms with Gasteiger partial charge in [0.2, 0.25) is 0 Å². The largest absolute Gasteiger partial charge is 0.447 e. The van der Waals surface area contributed by atoms with Gasteiger partial charge in [-0.3, -0.25) is 0 Å². The zero-order valence-corrected chi connectivity index (χ0v) is 17.0. The number of rotatable bonds is 8. The molecule has 0 radical (unpaired) electrons. The SMILES string of the molecule is CC(C)(C)CS(=O)(CC(C)(C)C)=NC(=O)NCCOCCOC(N)=O. The predicted octanol–water partition coefficient (Wildman–Crippen LogP) is 2.37. The molecule has 25 heavy (non-hydrogen) atoms. The number of carbonyl (C=O) groups excluding carboxylic acids is 2. The van der Waals surface area contributed by atoms with Crippen LogP contribution in [0.3, 0.4) is 0 Å². The summed E-state index contributed by atoms with van der Waals surface area (Å²) in [5, 5.41) is 2.57. The van der Waals surface area contributed by atoms with Crippen LogP contribution in [0.4, 0.5) is 9.59 Å². The Morgan fingerprint density at radius 2 is 1.52 bits per heavy atom. The third kappa shape index (κ3) is 14.7. The molecule has 0 aromatic rings. The van der Waals surface area contributed by atoms with Gasteiger partial charge in [-0.2, -0.15) is 0 Å². The van der Waals surface area contributed by atoms with Crippen LogP contribution in [-0.4, -0.2) is 54.2 Å². The second-order valence-corrected chi connectivity index (χ2v) is 10.6. The Kier molecular flexibility index (Phi) is 9.42. The normalized spacial score (nSPS) is 12.6. The van der Waals surface area contributed by atoms with E-state index in [4.69, 9.17) is 10.5 Å². The van der Waals surface area contributed by atoms with Crippen LogP contribution in [0.1, 0.15) is 41.5 Å². The number of nitrogens with zero attached hydrogens (tertiary/aromatic N) is 1. The van der Waals surface area contributed by atoms with E-state index in [9.17, 15) is 13.8 Å². The number of hydrogen-bond donors (Lipinski definition) is 2. The molecule has 0 aromatic heterocycles. The van der Waals surface area contributed by atoms with Gasteiger partial charge in [0.15, 0.2) is 0 Å². The molecule has 0 unspecified atom stereocenters. The number of nitrogens with two attached hydrogens (primary N) is 1. The Morgan fingerprint density at radius 1 is 1.00 bits per heavy atom. The van der Waals surface area contributed by atoms with Crippen molar-refractivity contribution in [2.75, 3.05) is 37.9 Å². The number of hydrogen-bond acceptors (Lipinski definition) is 5. The van der Waals surface area contributed by atoms with E-state index in [1.807, 2.05) is 41.5 Å². The first-order valence-corrected chi connectivity index (χ1v) is 10.1. The van der Waals surface area contributed by atoms with Crippen molar-refractivity contribution in [1.29, 1.82) is 0 Å². The number of primary amides is 1. The molecule has 0 spiro atoms. The Labute approximate surface area is 151 Å². The van der Waals surface area contributed by atoms with Gasteiger partial charge in [-0.25, -0.2) is 13.8 Å². The first-order chi connectivity index (χ1) is 11.2. The van der Waals surface area contributed by atoms with E-state index < -0.39 is 21.9 Å². The Hall–Kier alpha value is -1.35. The van der Waals surface area contributed by atoms with Gasteiger partial charge < -0.3 is 20.5 Å². The van der Waals surface area contributed by atoms with E-state index in [0.717, 1.165) is 0 Å². The fourth-order valence-electron chi connectivity index (χ4n) is 2.19. The molecule has 3 amide bonds. The molecule has 9 heteroatoms. The molecular formula is C16H33N3O5S. The van der Waals surface area contributed by atoms with E-state index in [1.165, 1.54) is 0 Å². The van der Waals surface area contributed by atoms with E-state index >= 15 is 0 Å². The molecule has 0 aliphatic carbocycles. The van der Waals surface area contributed by atoms with Gasteiger partial charge in [-0.1, -0.05) is 41.5 Å². The summed E-state index contributed by atoms with van der Waals surface area (Å²) in [6.45, 7) is 12.5. The minimum atomic E-state index is -2.66. The van der Waals surface area contributed by atoms with Crippen LogP contribution >= 0.6 is 0 Å². The molecule has 0 atom stereocenters. The molecule has 0 fully saturated rings. The Balaban J connectivity index is 4.57. The summed E-state index contributed by atoms with van der Waals surface area (Å²) in [4.78, 5) is 22.4. The number of ether oxygens (including phenoxy) is 2. The van der Waals surface area contributed by atoms with Crippen LogP contribution in [0.15, 0.2) is 4.36 Å². The molecular weight excluding hydrogens is 346 g/mol. The quantitative estimate of drug-likeness (QED) is 0.627.